The van der Waals surface area contributed by atoms with Crippen molar-refractivity contribution in [2.45, 2.75) is 19.4 Å². The monoisotopic (exact) mass is 238 g/mol. The third-order valence-electron chi connectivity index (χ3n) is 2.75. The maximum Gasteiger partial charge on any atom is 0.243 e. The van der Waals surface area contributed by atoms with Crippen LogP contribution in [0.1, 0.15) is 13.3 Å². The molecule has 1 heterocycles. The Labute approximate surface area is 101 Å². The summed E-state index contributed by atoms with van der Waals surface area (Å²) in [6.07, 6.45) is 0.561. The van der Waals surface area contributed by atoms with E-state index < -0.39 is 0 Å². The van der Waals surface area contributed by atoms with E-state index in [9.17, 15) is 4.79 Å². The van der Waals surface area contributed by atoms with Crippen LogP contribution in [0.2, 0.25) is 0 Å². The largest absolute Gasteiger partial charge is 0.280 e. The van der Waals surface area contributed by atoms with Crippen LogP contribution >= 0.6 is 11.6 Å². The number of hydrogen-bond donors (Lipinski definition) is 0. The van der Waals surface area contributed by atoms with E-state index in [-0.39, 0.29) is 11.9 Å². The van der Waals surface area contributed by atoms with Crippen LogP contribution in [0.25, 0.3) is 0 Å². The molecule has 1 aliphatic rings. The molecule has 0 spiro atoms. The minimum absolute atomic E-state index is 0.150. The van der Waals surface area contributed by atoms with Gasteiger partial charge in [0.1, 0.15) is 0 Å². The summed E-state index contributed by atoms with van der Waals surface area (Å²) < 4.78 is 0. The number of halogens is 1. The molecule has 1 amide bonds. The van der Waals surface area contributed by atoms with Crippen LogP contribution in [0.5, 0.6) is 0 Å². The van der Waals surface area contributed by atoms with Gasteiger partial charge in [-0.1, -0.05) is 18.2 Å². The van der Waals surface area contributed by atoms with Crippen LogP contribution in [0.3, 0.4) is 0 Å². The Bertz CT molecular complexity index is 369. The molecule has 0 radical (unpaired) electrons. The number of rotatable bonds is 3. The third-order valence-corrected chi connectivity index (χ3v) is 2.92. The van der Waals surface area contributed by atoms with Gasteiger partial charge >= 0.3 is 0 Å². The zero-order chi connectivity index (χ0) is 11.5. The highest BCUT2D eigenvalue weighted by atomic mass is 35.5. The first-order valence-electron chi connectivity index (χ1n) is 5.44. The number of carbonyl (C=O) groups excluding carboxylic acids is 1. The lowest BCUT2D eigenvalue weighted by Gasteiger charge is -2.32. The van der Waals surface area contributed by atoms with E-state index in [1.807, 2.05) is 35.3 Å². The van der Waals surface area contributed by atoms with Crippen LogP contribution in [0.15, 0.2) is 30.3 Å². The second-order valence-electron chi connectivity index (χ2n) is 3.94. The van der Waals surface area contributed by atoms with E-state index in [1.54, 1.807) is 5.01 Å². The molecule has 1 aromatic rings. The summed E-state index contributed by atoms with van der Waals surface area (Å²) in [4.78, 5) is 11.8. The average Bonchev–Trinajstić information content (AvgIpc) is 2.56. The first-order valence-corrected chi connectivity index (χ1v) is 5.98. The van der Waals surface area contributed by atoms with Crippen molar-refractivity contribution in [3.63, 3.8) is 0 Å². The minimum Gasteiger partial charge on any atom is -0.280 e. The Balaban J connectivity index is 2.27. The number of anilines is 1. The van der Waals surface area contributed by atoms with Crippen LogP contribution < -0.4 is 5.01 Å². The number of alkyl halides is 1. The molecular formula is C12H15ClN2O. The van der Waals surface area contributed by atoms with Gasteiger partial charge in [0.25, 0.3) is 0 Å². The fraction of sp³-hybridized carbons (Fsp3) is 0.417. The molecule has 0 saturated carbocycles. The number of hydrazine groups is 1. The Kier molecular flexibility index (Phi) is 3.34. The van der Waals surface area contributed by atoms with Crippen molar-refractivity contribution < 1.29 is 4.79 Å². The molecule has 0 aromatic heterocycles. The molecule has 0 bridgehead atoms. The summed E-state index contributed by atoms with van der Waals surface area (Å²) in [5.41, 5.74) is 1.05. The van der Waals surface area contributed by atoms with E-state index in [2.05, 4.69) is 6.92 Å². The van der Waals surface area contributed by atoms with Crippen molar-refractivity contribution >= 4 is 23.2 Å². The standard InChI is InChI=1S/C12H15ClN2O/c1-10-9-12(16)14(8-7-13)15(10)11-5-3-2-4-6-11/h2-6,10H,7-9H2,1H3. The highest BCUT2D eigenvalue weighted by Gasteiger charge is 2.34. The van der Waals surface area contributed by atoms with E-state index in [4.69, 9.17) is 11.6 Å². The summed E-state index contributed by atoms with van der Waals surface area (Å²) >= 11 is 5.73. The molecule has 86 valence electrons. The van der Waals surface area contributed by atoms with E-state index >= 15 is 0 Å². The highest BCUT2D eigenvalue weighted by Crippen LogP contribution is 2.26. The molecule has 16 heavy (non-hydrogen) atoms. The number of carbonyl (C=O) groups is 1. The molecule has 1 atom stereocenters. The molecule has 1 aliphatic heterocycles. The lowest BCUT2D eigenvalue weighted by molar-refractivity contribution is -0.127. The molecule has 0 aliphatic carbocycles. The first-order chi connectivity index (χ1) is 7.74. The van der Waals surface area contributed by atoms with Crippen molar-refractivity contribution in [3.8, 4) is 0 Å². The number of benzene rings is 1. The molecule has 1 fully saturated rings. The second-order valence-corrected chi connectivity index (χ2v) is 4.32. The van der Waals surface area contributed by atoms with Gasteiger partial charge in [0.15, 0.2) is 0 Å². The van der Waals surface area contributed by atoms with Gasteiger partial charge in [-0.3, -0.25) is 14.8 Å². The van der Waals surface area contributed by atoms with Crippen molar-refractivity contribution in [1.82, 2.24) is 5.01 Å². The van der Waals surface area contributed by atoms with Crippen molar-refractivity contribution in [2.75, 3.05) is 17.4 Å². The summed E-state index contributed by atoms with van der Waals surface area (Å²) in [5, 5.41) is 3.78. The van der Waals surface area contributed by atoms with Crippen molar-refractivity contribution in [1.29, 1.82) is 0 Å². The van der Waals surface area contributed by atoms with Gasteiger partial charge in [0.05, 0.1) is 24.7 Å². The first kappa shape index (κ1) is 11.3. The van der Waals surface area contributed by atoms with E-state index in [0.29, 0.717) is 18.8 Å². The van der Waals surface area contributed by atoms with Gasteiger partial charge in [0.2, 0.25) is 5.91 Å². The zero-order valence-electron chi connectivity index (χ0n) is 9.27. The Hall–Kier alpha value is -1.22. The highest BCUT2D eigenvalue weighted by molar-refractivity contribution is 6.18. The van der Waals surface area contributed by atoms with Crippen LogP contribution in [0.4, 0.5) is 5.69 Å². The maximum absolute atomic E-state index is 11.8. The van der Waals surface area contributed by atoms with Crippen LogP contribution in [-0.4, -0.2) is 29.4 Å². The summed E-state index contributed by atoms with van der Waals surface area (Å²) in [5.74, 6) is 0.610. The topological polar surface area (TPSA) is 23.6 Å². The molecule has 3 nitrogen and oxygen atoms in total. The molecular weight excluding hydrogens is 224 g/mol. The fourth-order valence-corrected chi connectivity index (χ4v) is 2.25. The van der Waals surface area contributed by atoms with Crippen LogP contribution in [0, 0.1) is 0 Å². The second kappa shape index (κ2) is 4.74. The molecule has 1 aromatic carbocycles. The predicted octanol–water partition coefficient (Wildman–Crippen LogP) is 2.27. The zero-order valence-corrected chi connectivity index (χ0v) is 10.0. The number of amides is 1. The number of para-hydroxylation sites is 1. The molecule has 2 rings (SSSR count). The Morgan fingerprint density at radius 1 is 1.38 bits per heavy atom. The van der Waals surface area contributed by atoms with E-state index in [1.165, 1.54) is 0 Å². The van der Waals surface area contributed by atoms with Crippen LogP contribution in [-0.2, 0) is 4.79 Å². The smallest absolute Gasteiger partial charge is 0.243 e. The fourth-order valence-electron chi connectivity index (χ4n) is 2.09. The van der Waals surface area contributed by atoms with Gasteiger partial charge in [-0.2, -0.15) is 0 Å². The lowest BCUT2D eigenvalue weighted by Crippen LogP contribution is -2.43. The summed E-state index contributed by atoms with van der Waals surface area (Å²) in [6, 6.07) is 10.1. The number of nitrogens with zero attached hydrogens (tertiary/aromatic N) is 2. The average molecular weight is 239 g/mol. The van der Waals surface area contributed by atoms with Gasteiger partial charge < -0.3 is 0 Å². The predicted molar refractivity (Wildman–Crippen MR) is 65.4 cm³/mol. The van der Waals surface area contributed by atoms with Gasteiger partial charge in [-0.15, -0.1) is 11.6 Å². The SMILES string of the molecule is CC1CC(=O)N(CCCl)N1c1ccccc1. The van der Waals surface area contributed by atoms with Gasteiger partial charge in [0, 0.05) is 5.88 Å². The molecule has 0 N–H and O–H groups in total. The Morgan fingerprint density at radius 2 is 2.06 bits per heavy atom. The lowest BCUT2D eigenvalue weighted by atomic mass is 10.2. The van der Waals surface area contributed by atoms with Gasteiger partial charge in [-0.25, -0.2) is 0 Å². The van der Waals surface area contributed by atoms with Crippen molar-refractivity contribution in [3.05, 3.63) is 30.3 Å². The normalized spacial score (nSPS) is 20.6. The number of hydrogen-bond acceptors (Lipinski definition) is 2. The quantitative estimate of drug-likeness (QED) is 0.755. The Morgan fingerprint density at radius 3 is 2.69 bits per heavy atom. The van der Waals surface area contributed by atoms with Crippen molar-refractivity contribution in [2.24, 2.45) is 0 Å². The summed E-state index contributed by atoms with van der Waals surface area (Å²) in [6.45, 7) is 2.62. The minimum atomic E-state index is 0.150. The third kappa shape index (κ3) is 2.00. The molecule has 4 heteroatoms. The molecule has 1 saturated heterocycles. The maximum atomic E-state index is 11.8. The van der Waals surface area contributed by atoms with E-state index in [0.717, 1.165) is 5.69 Å². The van der Waals surface area contributed by atoms with Gasteiger partial charge in [-0.05, 0) is 19.1 Å². The summed E-state index contributed by atoms with van der Waals surface area (Å²) in [7, 11) is 0. The molecule has 1 unspecified atom stereocenters.